The van der Waals surface area contributed by atoms with E-state index in [4.69, 9.17) is 9.47 Å². The largest absolute Gasteiger partial charge is 0.496 e. The van der Waals surface area contributed by atoms with Crippen molar-refractivity contribution in [1.82, 2.24) is 14.8 Å². The van der Waals surface area contributed by atoms with E-state index in [1.165, 1.54) is 36.1 Å². The van der Waals surface area contributed by atoms with Crippen LogP contribution in [-0.2, 0) is 6.54 Å². The third-order valence-corrected chi connectivity index (χ3v) is 6.07. The predicted molar refractivity (Wildman–Crippen MR) is 138 cm³/mol. The fourth-order valence-electron chi connectivity index (χ4n) is 4.39. The van der Waals surface area contributed by atoms with Crippen molar-refractivity contribution in [3.63, 3.8) is 0 Å². The van der Waals surface area contributed by atoms with Crippen LogP contribution in [0.2, 0.25) is 0 Å². The molecular formula is C27H38N4O2. The van der Waals surface area contributed by atoms with E-state index in [9.17, 15) is 0 Å². The second-order valence-corrected chi connectivity index (χ2v) is 8.42. The van der Waals surface area contributed by atoms with Crippen LogP contribution in [0.1, 0.15) is 55.4 Å². The van der Waals surface area contributed by atoms with Crippen molar-refractivity contribution in [2.45, 2.75) is 39.7 Å². The van der Waals surface area contributed by atoms with Crippen molar-refractivity contribution >= 4 is 17.1 Å². The van der Waals surface area contributed by atoms with Gasteiger partial charge in [-0.05, 0) is 62.7 Å². The van der Waals surface area contributed by atoms with Crippen molar-refractivity contribution in [3.8, 4) is 11.5 Å². The highest BCUT2D eigenvalue weighted by Gasteiger charge is 2.28. The Kier molecular flexibility index (Phi) is 8.03. The summed E-state index contributed by atoms with van der Waals surface area (Å²) in [5.41, 5.74) is 8.41. The van der Waals surface area contributed by atoms with E-state index in [1.54, 1.807) is 14.2 Å². The molecule has 178 valence electrons. The number of fused-ring (bicyclic) bond motifs is 1. The molecule has 0 radical (unpaired) electrons. The Morgan fingerprint density at radius 1 is 1.03 bits per heavy atom. The van der Waals surface area contributed by atoms with Crippen LogP contribution in [0, 0.1) is 0 Å². The molecule has 1 aromatic heterocycles. The van der Waals surface area contributed by atoms with Crippen LogP contribution in [-0.4, -0.2) is 57.2 Å². The molecule has 6 nitrogen and oxygen atoms in total. The number of hydrogen-bond acceptors (Lipinski definition) is 6. The molecule has 2 aliphatic rings. The Labute approximate surface area is 198 Å². The van der Waals surface area contributed by atoms with Crippen molar-refractivity contribution in [1.29, 1.82) is 0 Å². The second-order valence-electron chi connectivity index (χ2n) is 8.42. The van der Waals surface area contributed by atoms with E-state index in [-0.39, 0.29) is 0 Å². The summed E-state index contributed by atoms with van der Waals surface area (Å²) in [6, 6.07) is 6.38. The molecule has 1 saturated carbocycles. The van der Waals surface area contributed by atoms with Crippen molar-refractivity contribution in [3.05, 3.63) is 58.4 Å². The Morgan fingerprint density at radius 2 is 1.67 bits per heavy atom. The van der Waals surface area contributed by atoms with Crippen LogP contribution in [0.3, 0.4) is 0 Å². The number of pyridine rings is 1. The molecule has 2 aromatic rings. The maximum Gasteiger partial charge on any atom is 0.127 e. The molecule has 2 heterocycles. The monoisotopic (exact) mass is 450 g/mol. The van der Waals surface area contributed by atoms with Gasteiger partial charge in [0.05, 0.1) is 19.8 Å². The second kappa shape index (κ2) is 10.8. The maximum atomic E-state index is 5.77. The van der Waals surface area contributed by atoms with Crippen molar-refractivity contribution in [2.75, 3.05) is 47.7 Å². The molecule has 6 heteroatoms. The number of allylic oxidation sites excluding steroid dienone is 1. The standard InChI is InChI=1S/C25H32N4O2.C2H6/c1-26-24-12-18-19(13-27-24)20(15-29(4)25(18)16-8-7-9-16)17-10-22(30-5)21(14-28(2)3)23(11-17)31-6;1-2/h10-13,15H,7-9,14H2,1-6H3,(H,26,27);1-2H3. The fraction of sp³-hybridized carbons (Fsp3) is 0.444. The Hall–Kier alpha value is -2.99. The lowest BCUT2D eigenvalue weighted by Crippen LogP contribution is -2.21. The lowest BCUT2D eigenvalue weighted by molar-refractivity contribution is 0.348. The predicted octanol–water partition coefficient (Wildman–Crippen LogP) is 5.46. The van der Waals surface area contributed by atoms with Gasteiger partial charge in [0.1, 0.15) is 17.3 Å². The van der Waals surface area contributed by atoms with Crippen LogP contribution in [0.5, 0.6) is 11.5 Å². The van der Waals surface area contributed by atoms with E-state index in [1.807, 2.05) is 41.2 Å². The summed E-state index contributed by atoms with van der Waals surface area (Å²) in [5.74, 6) is 2.54. The number of nitrogens with one attached hydrogen (secondary N) is 1. The highest BCUT2D eigenvalue weighted by atomic mass is 16.5. The first-order valence-corrected chi connectivity index (χ1v) is 11.7. The van der Waals surface area contributed by atoms with Crippen LogP contribution >= 0.6 is 0 Å². The summed E-state index contributed by atoms with van der Waals surface area (Å²) in [7, 11) is 11.6. The highest BCUT2D eigenvalue weighted by molar-refractivity contribution is 5.92. The molecule has 0 spiro atoms. The molecule has 0 unspecified atom stereocenters. The van der Waals surface area contributed by atoms with Gasteiger partial charge in [-0.2, -0.15) is 0 Å². The molecule has 0 saturated heterocycles. The summed E-state index contributed by atoms with van der Waals surface area (Å²) in [4.78, 5) is 9.01. The van der Waals surface area contributed by atoms with Gasteiger partial charge >= 0.3 is 0 Å². The minimum Gasteiger partial charge on any atom is -0.496 e. The third-order valence-electron chi connectivity index (χ3n) is 6.07. The van der Waals surface area contributed by atoms with Gasteiger partial charge in [0, 0.05) is 55.4 Å². The highest BCUT2D eigenvalue weighted by Crippen LogP contribution is 2.44. The summed E-state index contributed by atoms with van der Waals surface area (Å²) < 4.78 is 11.5. The Bertz CT molecular complexity index is 1030. The van der Waals surface area contributed by atoms with Gasteiger partial charge in [0.15, 0.2) is 0 Å². The first kappa shape index (κ1) is 24.6. The average Bonchev–Trinajstić information content (AvgIpc) is 2.80. The Morgan fingerprint density at radius 3 is 2.15 bits per heavy atom. The van der Waals surface area contributed by atoms with Gasteiger partial charge in [-0.15, -0.1) is 0 Å². The number of benzene rings is 1. The normalized spacial score (nSPS) is 14.7. The maximum absolute atomic E-state index is 5.77. The number of methoxy groups -OCH3 is 2. The third kappa shape index (κ3) is 4.86. The lowest BCUT2D eigenvalue weighted by atomic mass is 9.83. The number of ether oxygens (including phenoxy) is 2. The van der Waals surface area contributed by atoms with Gasteiger partial charge in [-0.3, -0.25) is 0 Å². The molecule has 33 heavy (non-hydrogen) atoms. The van der Waals surface area contributed by atoms with E-state index < -0.39 is 0 Å². The molecule has 1 aliphatic heterocycles. The zero-order valence-corrected chi connectivity index (χ0v) is 21.4. The molecule has 1 aliphatic carbocycles. The fourth-order valence-corrected chi connectivity index (χ4v) is 4.39. The van der Waals surface area contributed by atoms with E-state index in [0.717, 1.165) is 46.1 Å². The quantitative estimate of drug-likeness (QED) is 0.631. The molecule has 0 amide bonds. The van der Waals surface area contributed by atoms with Crippen LogP contribution in [0.25, 0.3) is 11.3 Å². The van der Waals surface area contributed by atoms with E-state index in [0.29, 0.717) is 0 Å². The smallest absolute Gasteiger partial charge is 0.127 e. The molecule has 0 atom stereocenters. The number of anilines is 1. The molecule has 4 rings (SSSR count). The summed E-state index contributed by atoms with van der Waals surface area (Å²) >= 11 is 0. The average molecular weight is 451 g/mol. The molecule has 1 N–H and O–H groups in total. The molecule has 1 fully saturated rings. The number of nitrogens with zero attached hydrogens (tertiary/aromatic N) is 3. The number of aromatic nitrogens is 1. The van der Waals surface area contributed by atoms with Gasteiger partial charge < -0.3 is 24.6 Å². The molecular weight excluding hydrogens is 412 g/mol. The van der Waals surface area contributed by atoms with Gasteiger partial charge in [-0.25, -0.2) is 4.98 Å². The van der Waals surface area contributed by atoms with Crippen LogP contribution in [0.15, 0.2) is 36.2 Å². The number of rotatable bonds is 6. The molecule has 1 aromatic carbocycles. The minimum atomic E-state index is 0.742. The number of hydrogen-bond donors (Lipinski definition) is 1. The van der Waals surface area contributed by atoms with E-state index >= 15 is 0 Å². The van der Waals surface area contributed by atoms with Crippen molar-refractivity contribution < 1.29 is 9.47 Å². The first-order chi connectivity index (χ1) is 16.0. The van der Waals surface area contributed by atoms with Crippen LogP contribution in [0.4, 0.5) is 5.82 Å². The first-order valence-electron chi connectivity index (χ1n) is 11.7. The van der Waals surface area contributed by atoms with Gasteiger partial charge in [0.25, 0.3) is 0 Å². The summed E-state index contributed by atoms with van der Waals surface area (Å²) in [5, 5.41) is 3.19. The topological polar surface area (TPSA) is 49.9 Å². The summed E-state index contributed by atoms with van der Waals surface area (Å²) in [6.07, 6.45) is 7.79. The van der Waals surface area contributed by atoms with Gasteiger partial charge in [0.2, 0.25) is 0 Å². The zero-order valence-electron chi connectivity index (χ0n) is 21.4. The minimum absolute atomic E-state index is 0.742. The van der Waals surface area contributed by atoms with Crippen LogP contribution < -0.4 is 14.8 Å². The summed E-state index contributed by atoms with van der Waals surface area (Å²) in [6.45, 7) is 4.74. The SMILES string of the molecule is CC.CNc1cc2c(cn1)C(c1cc(OC)c(CN(C)C)c(OC)c1)=CN(C)C2=C1CCC1. The van der Waals surface area contributed by atoms with Gasteiger partial charge in [-0.1, -0.05) is 13.8 Å². The van der Waals surface area contributed by atoms with E-state index in [2.05, 4.69) is 51.5 Å². The lowest BCUT2D eigenvalue weighted by Gasteiger charge is -2.34. The van der Waals surface area contributed by atoms with Crippen molar-refractivity contribution in [2.24, 2.45) is 0 Å². The molecule has 0 bridgehead atoms. The Balaban J connectivity index is 0.00000149. The zero-order chi connectivity index (χ0) is 24.1.